The first kappa shape index (κ1) is 33.7. The number of benzene rings is 11. The van der Waals surface area contributed by atoms with Gasteiger partial charge in [0.15, 0.2) is 0 Å². The van der Waals surface area contributed by atoms with Gasteiger partial charge in [-0.25, -0.2) is 0 Å². The molecular formula is C58H34OSe. The van der Waals surface area contributed by atoms with Gasteiger partial charge < -0.3 is 0 Å². The molecule has 0 amide bonds. The van der Waals surface area contributed by atoms with Crippen LogP contribution < -0.4 is 0 Å². The van der Waals surface area contributed by atoms with E-state index in [2.05, 4.69) is 206 Å². The van der Waals surface area contributed by atoms with Crippen LogP contribution in [-0.4, -0.2) is 14.5 Å². The van der Waals surface area contributed by atoms with Crippen molar-refractivity contribution in [2.24, 2.45) is 0 Å². The fraction of sp³-hybridized carbons (Fsp3) is 0. The van der Waals surface area contributed by atoms with Crippen molar-refractivity contribution in [2.75, 3.05) is 0 Å². The summed E-state index contributed by atoms with van der Waals surface area (Å²) in [6, 6.07) is 76.1. The quantitative estimate of drug-likeness (QED) is 0.127. The SMILES string of the molecule is c1ccc(-c2c3ccccc3c(-c3ccc4c(c3)[se]c3cccc(-c5c6ccccc6c(-c6cccc7oc8ccccc8c67)c6ccccc56)c34)c3ccccc23)cc1. The molecule has 0 aliphatic rings. The Morgan fingerprint density at radius 2 is 0.717 bits per heavy atom. The van der Waals surface area contributed by atoms with Crippen LogP contribution in [0.15, 0.2) is 211 Å². The normalized spacial score (nSPS) is 12.0. The molecular weight excluding hydrogens is 792 g/mol. The van der Waals surface area contributed by atoms with E-state index >= 15 is 0 Å². The van der Waals surface area contributed by atoms with Crippen LogP contribution in [0, 0.1) is 0 Å². The molecule has 2 heteroatoms. The zero-order chi connectivity index (χ0) is 39.3. The minimum atomic E-state index is 0.149. The molecule has 13 aromatic rings. The van der Waals surface area contributed by atoms with Gasteiger partial charge in [-0.3, -0.25) is 0 Å². The maximum absolute atomic E-state index is 6.42. The van der Waals surface area contributed by atoms with Crippen molar-refractivity contribution in [2.45, 2.75) is 0 Å². The first-order valence-electron chi connectivity index (χ1n) is 20.6. The molecule has 0 fully saturated rings. The summed E-state index contributed by atoms with van der Waals surface area (Å²) in [5.41, 5.74) is 12.0. The van der Waals surface area contributed by atoms with Crippen LogP contribution in [0.2, 0.25) is 0 Å². The molecule has 11 aromatic carbocycles. The maximum atomic E-state index is 6.42. The van der Waals surface area contributed by atoms with Crippen molar-refractivity contribution in [1.82, 2.24) is 0 Å². The molecule has 0 aliphatic heterocycles. The van der Waals surface area contributed by atoms with Crippen LogP contribution in [0.5, 0.6) is 0 Å². The second-order valence-electron chi connectivity index (χ2n) is 15.8. The standard InChI is InChI=1S/C58H34OSe/c1-2-16-35(17-3-1)53-37-18-4-6-20-39(37)54(40-21-7-5-19-38(40)53)36-32-33-46-52(34-36)60-51-31-15-28-48(58(46)51)56-43-24-10-8-22-41(43)55(42-23-9-11-25-44(42)56)47-27-14-30-50-57(47)45-26-12-13-29-49(45)59-50/h1-34H. The Hall–Kier alpha value is -7.22. The van der Waals surface area contributed by atoms with E-state index in [1.54, 1.807) is 0 Å². The van der Waals surface area contributed by atoms with Gasteiger partial charge in [0.05, 0.1) is 0 Å². The van der Waals surface area contributed by atoms with E-state index < -0.39 is 0 Å². The summed E-state index contributed by atoms with van der Waals surface area (Å²) in [6.45, 7) is 0. The van der Waals surface area contributed by atoms with Crippen molar-refractivity contribution in [3.05, 3.63) is 206 Å². The van der Waals surface area contributed by atoms with Crippen molar-refractivity contribution in [3.8, 4) is 44.5 Å². The predicted octanol–water partition coefficient (Wildman–Crippen LogP) is 16.2. The second kappa shape index (κ2) is 13.1. The Morgan fingerprint density at radius 1 is 0.267 bits per heavy atom. The zero-order valence-corrected chi connectivity index (χ0v) is 34.2. The molecule has 0 unspecified atom stereocenters. The number of rotatable bonds is 4. The summed E-state index contributed by atoms with van der Waals surface area (Å²) >= 11 is 0.149. The molecule has 13 rings (SSSR count). The molecule has 0 aliphatic carbocycles. The number of fused-ring (bicyclic) bond motifs is 10. The summed E-state index contributed by atoms with van der Waals surface area (Å²) in [7, 11) is 0. The first-order chi connectivity index (χ1) is 29.8. The van der Waals surface area contributed by atoms with E-state index in [0.717, 1.165) is 16.6 Å². The van der Waals surface area contributed by atoms with Gasteiger partial charge in [-0.2, -0.15) is 0 Å². The van der Waals surface area contributed by atoms with E-state index in [-0.39, 0.29) is 14.5 Å². The fourth-order valence-corrected chi connectivity index (χ4v) is 12.7. The van der Waals surface area contributed by atoms with Gasteiger partial charge >= 0.3 is 348 Å². The summed E-state index contributed by atoms with van der Waals surface area (Å²) in [6.07, 6.45) is 0. The first-order valence-corrected chi connectivity index (χ1v) is 22.3. The Balaban J connectivity index is 1.07. The molecule has 0 saturated heterocycles. The van der Waals surface area contributed by atoms with Gasteiger partial charge in [0.25, 0.3) is 0 Å². The number of hydrogen-bond acceptors (Lipinski definition) is 1. The van der Waals surface area contributed by atoms with Crippen LogP contribution in [0.1, 0.15) is 0 Å². The Kier molecular flexibility index (Phi) is 7.39. The van der Waals surface area contributed by atoms with Gasteiger partial charge in [-0.15, -0.1) is 0 Å². The third-order valence-corrected chi connectivity index (χ3v) is 15.0. The molecule has 0 radical (unpaired) electrons. The van der Waals surface area contributed by atoms with E-state index in [1.165, 1.54) is 112 Å². The molecule has 2 aromatic heterocycles. The fourth-order valence-electron chi connectivity index (χ4n) is 10.2. The average Bonchev–Trinajstić information content (AvgIpc) is 3.89. The Labute approximate surface area is 352 Å². The molecule has 0 atom stereocenters. The van der Waals surface area contributed by atoms with Gasteiger partial charge in [-0.05, 0) is 0 Å². The van der Waals surface area contributed by atoms with E-state index in [4.69, 9.17) is 4.42 Å². The number of furan rings is 1. The molecule has 1 nitrogen and oxygen atoms in total. The third kappa shape index (κ3) is 4.87. The molecule has 0 spiro atoms. The minimum absolute atomic E-state index is 0.149. The Bertz CT molecular complexity index is 3770. The van der Waals surface area contributed by atoms with Crippen LogP contribution >= 0.6 is 0 Å². The summed E-state index contributed by atoms with van der Waals surface area (Å²) in [4.78, 5) is 0. The van der Waals surface area contributed by atoms with Gasteiger partial charge in [-0.1, -0.05) is 6.07 Å². The summed E-state index contributed by atoms with van der Waals surface area (Å²) < 4.78 is 9.29. The molecule has 60 heavy (non-hydrogen) atoms. The van der Waals surface area contributed by atoms with E-state index in [0.29, 0.717) is 0 Å². The molecule has 0 bridgehead atoms. The monoisotopic (exact) mass is 826 g/mol. The zero-order valence-electron chi connectivity index (χ0n) is 32.4. The predicted molar refractivity (Wildman–Crippen MR) is 257 cm³/mol. The van der Waals surface area contributed by atoms with Crippen molar-refractivity contribution in [3.63, 3.8) is 0 Å². The van der Waals surface area contributed by atoms with Crippen molar-refractivity contribution in [1.29, 1.82) is 0 Å². The Morgan fingerprint density at radius 3 is 1.30 bits per heavy atom. The van der Waals surface area contributed by atoms with Crippen LogP contribution in [0.4, 0.5) is 0 Å². The molecule has 2 heterocycles. The van der Waals surface area contributed by atoms with E-state index in [1.807, 2.05) is 0 Å². The van der Waals surface area contributed by atoms with Crippen LogP contribution in [0.25, 0.3) is 129 Å². The van der Waals surface area contributed by atoms with Gasteiger partial charge in [0, 0.05) is 0 Å². The van der Waals surface area contributed by atoms with Crippen LogP contribution in [0.3, 0.4) is 0 Å². The third-order valence-electron chi connectivity index (χ3n) is 12.7. The van der Waals surface area contributed by atoms with Crippen molar-refractivity contribution < 1.29 is 4.42 Å². The van der Waals surface area contributed by atoms with Gasteiger partial charge in [0.1, 0.15) is 0 Å². The molecule has 0 saturated carbocycles. The van der Waals surface area contributed by atoms with Crippen LogP contribution in [-0.2, 0) is 0 Å². The molecule has 278 valence electrons. The number of para-hydroxylation sites is 1. The topological polar surface area (TPSA) is 13.1 Å². The van der Waals surface area contributed by atoms with Gasteiger partial charge in [0.2, 0.25) is 0 Å². The van der Waals surface area contributed by atoms with E-state index in [9.17, 15) is 0 Å². The number of hydrogen-bond donors (Lipinski definition) is 0. The van der Waals surface area contributed by atoms with Crippen molar-refractivity contribution >= 4 is 98.8 Å². The second-order valence-corrected chi connectivity index (χ2v) is 18.1. The summed E-state index contributed by atoms with van der Waals surface area (Å²) in [5, 5.41) is 15.2. The summed E-state index contributed by atoms with van der Waals surface area (Å²) in [5.74, 6) is 0. The molecule has 0 N–H and O–H groups in total. The average molecular weight is 826 g/mol.